The summed E-state index contributed by atoms with van der Waals surface area (Å²) in [6.45, 7) is 21.5. The Balaban J connectivity index is 1.70. The van der Waals surface area contributed by atoms with Crippen molar-refractivity contribution in [1.29, 1.82) is 0 Å². The molecule has 5 nitrogen and oxygen atoms in total. The molecule has 1 aliphatic carbocycles. The van der Waals surface area contributed by atoms with E-state index in [0.29, 0.717) is 5.92 Å². The number of fused-ring (bicyclic) bond motifs is 2. The lowest BCUT2D eigenvalue weighted by Crippen LogP contribution is -2.53. The molecular weight excluding hydrogens is 523 g/mol. The number of nitrogens with one attached hydrogen (secondary N) is 2. The topological polar surface area (TPSA) is 56.7 Å². The Labute approximate surface area is 251 Å². The molecule has 1 saturated carbocycles. The summed E-state index contributed by atoms with van der Waals surface area (Å²) in [4.78, 5) is 21.0. The van der Waals surface area contributed by atoms with E-state index in [0.717, 1.165) is 85.1 Å². The van der Waals surface area contributed by atoms with Crippen LogP contribution in [0.5, 0.6) is 0 Å². The van der Waals surface area contributed by atoms with Gasteiger partial charge in [-0.05, 0) is 112 Å². The quantitative estimate of drug-likeness (QED) is 0.197. The van der Waals surface area contributed by atoms with Crippen LogP contribution in [-0.4, -0.2) is 31.3 Å². The molecule has 0 bridgehead atoms. The molecule has 6 heteroatoms. The van der Waals surface area contributed by atoms with Crippen molar-refractivity contribution in [2.45, 2.75) is 84.1 Å². The van der Waals surface area contributed by atoms with Gasteiger partial charge in [-0.2, -0.15) is 0 Å². The molecule has 3 aliphatic rings. The Morgan fingerprint density at radius 2 is 1.90 bits per heavy atom. The van der Waals surface area contributed by atoms with E-state index < -0.39 is 11.2 Å². The first-order valence-corrected chi connectivity index (χ1v) is 15.4. The third-order valence-corrected chi connectivity index (χ3v) is 9.14. The SMILES string of the molecule is C=C/C(F)=C(\C=C)N/C(C)=C(C)/C(=C\C(=C)c1ccc2c(c1)N(C1CC(CCC)C1)C(=O)C21CCNCC1)N=CCC. The first kappa shape index (κ1) is 31.4. The third-order valence-electron chi connectivity index (χ3n) is 9.14. The van der Waals surface area contributed by atoms with Crippen LogP contribution in [0, 0.1) is 5.92 Å². The summed E-state index contributed by atoms with van der Waals surface area (Å²) in [5.41, 5.74) is 6.17. The molecular formula is C36H47FN4O. The van der Waals surface area contributed by atoms with Gasteiger partial charge in [0.2, 0.25) is 5.91 Å². The molecule has 0 radical (unpaired) electrons. The van der Waals surface area contributed by atoms with Gasteiger partial charge in [0.05, 0.1) is 16.8 Å². The molecule has 0 atom stereocenters. The van der Waals surface area contributed by atoms with Crippen LogP contribution in [0.4, 0.5) is 10.1 Å². The fourth-order valence-electron chi connectivity index (χ4n) is 6.53. The number of benzene rings is 1. The number of carbonyl (C=O) groups is 1. The highest BCUT2D eigenvalue weighted by Gasteiger charge is 2.54. The Hall–Kier alpha value is -3.51. The smallest absolute Gasteiger partial charge is 0.238 e. The fourth-order valence-corrected chi connectivity index (χ4v) is 6.53. The molecule has 42 heavy (non-hydrogen) atoms. The van der Waals surface area contributed by atoms with Gasteiger partial charge in [-0.15, -0.1) is 0 Å². The highest BCUT2D eigenvalue weighted by molar-refractivity contribution is 6.09. The molecule has 1 spiro atoms. The van der Waals surface area contributed by atoms with Gasteiger partial charge < -0.3 is 15.5 Å². The average molecular weight is 571 g/mol. The monoisotopic (exact) mass is 570 g/mol. The molecule has 2 fully saturated rings. The average Bonchev–Trinajstić information content (AvgIpc) is 3.20. The largest absolute Gasteiger partial charge is 0.356 e. The van der Waals surface area contributed by atoms with E-state index >= 15 is 0 Å². The Morgan fingerprint density at radius 3 is 2.52 bits per heavy atom. The maximum atomic E-state index is 14.2. The number of anilines is 1. The van der Waals surface area contributed by atoms with Gasteiger partial charge in [0, 0.05) is 23.6 Å². The third kappa shape index (κ3) is 6.14. The number of carbonyl (C=O) groups excluding carboxylic acids is 1. The predicted molar refractivity (Wildman–Crippen MR) is 175 cm³/mol. The predicted octanol–water partition coefficient (Wildman–Crippen LogP) is 8.05. The van der Waals surface area contributed by atoms with Crippen molar-refractivity contribution in [2.75, 3.05) is 18.0 Å². The van der Waals surface area contributed by atoms with E-state index in [1.165, 1.54) is 24.5 Å². The molecule has 4 rings (SSSR count). The number of hydrogen-bond donors (Lipinski definition) is 2. The number of piperidine rings is 1. The Morgan fingerprint density at radius 1 is 1.19 bits per heavy atom. The maximum Gasteiger partial charge on any atom is 0.238 e. The lowest BCUT2D eigenvalue weighted by Gasteiger charge is -2.43. The summed E-state index contributed by atoms with van der Waals surface area (Å²) in [6, 6.07) is 6.70. The van der Waals surface area contributed by atoms with Gasteiger partial charge in [0.25, 0.3) is 0 Å². The highest BCUT2D eigenvalue weighted by Crippen LogP contribution is 2.51. The van der Waals surface area contributed by atoms with Crippen molar-refractivity contribution >= 4 is 23.4 Å². The second kappa shape index (κ2) is 13.6. The number of nitrogens with zero attached hydrogens (tertiary/aromatic N) is 2. The van der Waals surface area contributed by atoms with Crippen LogP contribution >= 0.6 is 0 Å². The minimum absolute atomic E-state index is 0.256. The number of hydrogen-bond acceptors (Lipinski definition) is 4. The fraction of sp³-hybridized carbons (Fsp3) is 0.444. The summed E-state index contributed by atoms with van der Waals surface area (Å²) in [5, 5.41) is 6.55. The van der Waals surface area contributed by atoms with Gasteiger partial charge in [0.1, 0.15) is 5.83 Å². The van der Waals surface area contributed by atoms with Crippen molar-refractivity contribution in [2.24, 2.45) is 10.9 Å². The van der Waals surface area contributed by atoms with E-state index in [9.17, 15) is 9.18 Å². The second-order valence-electron chi connectivity index (χ2n) is 11.8. The second-order valence-corrected chi connectivity index (χ2v) is 11.8. The van der Waals surface area contributed by atoms with Crippen LogP contribution in [-0.2, 0) is 10.2 Å². The molecule has 2 heterocycles. The Kier molecular flexibility index (Phi) is 10.2. The summed E-state index contributed by atoms with van der Waals surface area (Å²) in [7, 11) is 0. The molecule has 2 aliphatic heterocycles. The van der Waals surface area contributed by atoms with Crippen molar-refractivity contribution in [3.8, 4) is 0 Å². The van der Waals surface area contributed by atoms with E-state index in [1.54, 1.807) is 0 Å². The van der Waals surface area contributed by atoms with Gasteiger partial charge in [-0.1, -0.05) is 58.6 Å². The minimum Gasteiger partial charge on any atom is -0.356 e. The minimum atomic E-state index is -0.472. The van der Waals surface area contributed by atoms with Crippen LogP contribution in [0.3, 0.4) is 0 Å². The molecule has 0 aromatic heterocycles. The molecule has 1 saturated heterocycles. The highest BCUT2D eigenvalue weighted by atomic mass is 19.1. The van der Waals surface area contributed by atoms with Crippen LogP contribution < -0.4 is 15.5 Å². The summed E-state index contributed by atoms with van der Waals surface area (Å²) < 4.78 is 14.2. The van der Waals surface area contributed by atoms with Crippen LogP contribution in [0.15, 0.2) is 89.6 Å². The summed E-state index contributed by atoms with van der Waals surface area (Å²) in [6.07, 6.45) is 13.4. The van der Waals surface area contributed by atoms with Gasteiger partial charge in [-0.25, -0.2) is 4.39 Å². The van der Waals surface area contributed by atoms with Crippen LogP contribution in [0.1, 0.15) is 83.8 Å². The van der Waals surface area contributed by atoms with Gasteiger partial charge in [-0.3, -0.25) is 9.79 Å². The zero-order chi connectivity index (χ0) is 30.4. The molecule has 1 aromatic carbocycles. The summed E-state index contributed by atoms with van der Waals surface area (Å²) >= 11 is 0. The zero-order valence-corrected chi connectivity index (χ0v) is 25.9. The van der Waals surface area contributed by atoms with E-state index in [1.807, 2.05) is 33.1 Å². The number of allylic oxidation sites excluding steroid dienone is 7. The first-order chi connectivity index (χ1) is 20.2. The summed E-state index contributed by atoms with van der Waals surface area (Å²) in [5.74, 6) is 0.521. The van der Waals surface area contributed by atoms with E-state index in [-0.39, 0.29) is 17.6 Å². The standard InChI is InChI=1S/C36H47FN4O/c1-8-12-27-21-29(22-27)41-34-23-28(13-14-30(34)36(35(41)42)15-18-38-19-16-36)24(5)20-33(39-17-9-2)25(6)26(7)40-32(11-4)31(37)10-3/h10-11,13-14,17,20,23,27,29,38,40H,3-5,8-9,12,15-16,18-19,21-22H2,1-2,6-7H3/b26-25+,32-31-,33-20+,39-17?. The van der Waals surface area contributed by atoms with Gasteiger partial charge >= 0.3 is 0 Å². The van der Waals surface area contributed by atoms with Crippen molar-refractivity contribution in [3.05, 3.63) is 95.8 Å². The zero-order valence-electron chi connectivity index (χ0n) is 25.9. The molecule has 0 unspecified atom stereocenters. The number of amides is 1. The molecule has 1 aromatic rings. The van der Waals surface area contributed by atoms with E-state index in [4.69, 9.17) is 4.99 Å². The van der Waals surface area contributed by atoms with Crippen LogP contribution in [0.25, 0.3) is 5.57 Å². The van der Waals surface area contributed by atoms with Crippen molar-refractivity contribution < 1.29 is 9.18 Å². The van der Waals surface area contributed by atoms with Gasteiger partial charge in [0.15, 0.2) is 0 Å². The Bertz CT molecular complexity index is 1350. The number of aliphatic imine (C=N–C) groups is 1. The normalized spacial score (nSPS) is 22.8. The van der Waals surface area contributed by atoms with Crippen molar-refractivity contribution in [1.82, 2.24) is 10.6 Å². The van der Waals surface area contributed by atoms with Crippen molar-refractivity contribution in [3.63, 3.8) is 0 Å². The van der Waals surface area contributed by atoms with E-state index in [2.05, 4.69) is 60.4 Å². The molecule has 2 N–H and O–H groups in total. The maximum absolute atomic E-state index is 14.2. The number of halogens is 1. The lowest BCUT2D eigenvalue weighted by molar-refractivity contribution is -0.125. The molecule has 224 valence electrons. The number of rotatable bonds is 12. The first-order valence-electron chi connectivity index (χ1n) is 15.4. The molecule has 1 amide bonds. The van der Waals surface area contributed by atoms with Crippen LogP contribution in [0.2, 0.25) is 0 Å². The lowest BCUT2D eigenvalue weighted by atomic mass is 9.73.